The molecule has 1 aliphatic heterocycles. The van der Waals surface area contributed by atoms with E-state index >= 15 is 0 Å². The Balaban J connectivity index is 1.59. The molecule has 3 amide bonds. The molecular weight excluding hydrogens is 386 g/mol. The Morgan fingerprint density at radius 1 is 1.33 bits per heavy atom. The van der Waals surface area contributed by atoms with Crippen molar-refractivity contribution in [1.29, 1.82) is 0 Å². The van der Waals surface area contributed by atoms with Crippen LogP contribution in [-0.4, -0.2) is 47.3 Å². The van der Waals surface area contributed by atoms with Crippen molar-refractivity contribution in [1.82, 2.24) is 15.5 Å². The molecule has 0 radical (unpaired) electrons. The van der Waals surface area contributed by atoms with E-state index in [2.05, 4.69) is 20.8 Å². The van der Waals surface area contributed by atoms with Gasteiger partial charge in [-0.2, -0.15) is 0 Å². The van der Waals surface area contributed by atoms with Crippen LogP contribution in [0.1, 0.15) is 12.0 Å². The van der Waals surface area contributed by atoms with Crippen molar-refractivity contribution in [2.24, 2.45) is 5.92 Å². The van der Waals surface area contributed by atoms with Crippen LogP contribution < -0.4 is 15.5 Å². The summed E-state index contributed by atoms with van der Waals surface area (Å²) >= 11 is 2.46. The summed E-state index contributed by atoms with van der Waals surface area (Å²) in [4.78, 5) is 37.8. The highest BCUT2D eigenvalue weighted by molar-refractivity contribution is 8.01. The second kappa shape index (κ2) is 8.49. The largest absolute Gasteiger partial charge is 0.358 e. The van der Waals surface area contributed by atoms with Crippen molar-refractivity contribution in [3.05, 3.63) is 29.8 Å². The number of nitrogens with zero attached hydrogens (tertiary/aromatic N) is 3. The number of para-hydroxylation sites is 1. The molecule has 1 aromatic carbocycles. The smallest absolute Gasteiger partial charge is 0.231 e. The van der Waals surface area contributed by atoms with Crippen molar-refractivity contribution in [3.63, 3.8) is 0 Å². The number of carbonyl (C=O) groups is 3. The van der Waals surface area contributed by atoms with Crippen LogP contribution in [0.2, 0.25) is 0 Å². The molecule has 1 aromatic heterocycles. The van der Waals surface area contributed by atoms with Crippen LogP contribution >= 0.6 is 23.1 Å². The first-order chi connectivity index (χ1) is 13.0. The molecule has 1 atom stereocenters. The van der Waals surface area contributed by atoms with Gasteiger partial charge < -0.3 is 15.5 Å². The Morgan fingerprint density at radius 3 is 2.85 bits per heavy atom. The van der Waals surface area contributed by atoms with E-state index in [1.54, 1.807) is 11.9 Å². The maximum atomic E-state index is 12.5. The molecule has 2 aromatic rings. The zero-order chi connectivity index (χ0) is 19.4. The molecule has 0 bridgehead atoms. The molecule has 1 fully saturated rings. The number of benzene rings is 1. The number of thioether (sulfide) groups is 1. The monoisotopic (exact) mass is 405 g/mol. The maximum absolute atomic E-state index is 12.5. The van der Waals surface area contributed by atoms with Crippen molar-refractivity contribution >= 4 is 51.6 Å². The summed E-state index contributed by atoms with van der Waals surface area (Å²) in [6, 6.07) is 7.62. The van der Waals surface area contributed by atoms with E-state index in [9.17, 15) is 14.4 Å². The van der Waals surface area contributed by atoms with E-state index in [1.165, 1.54) is 23.1 Å². The molecular formula is C17H19N5O3S2. The molecule has 2 heterocycles. The zero-order valence-corrected chi connectivity index (χ0v) is 16.5. The number of nitrogens with one attached hydrogen (secondary N) is 2. The van der Waals surface area contributed by atoms with Gasteiger partial charge in [0.15, 0.2) is 4.34 Å². The van der Waals surface area contributed by atoms with Crippen LogP contribution in [-0.2, 0) is 14.4 Å². The summed E-state index contributed by atoms with van der Waals surface area (Å²) in [6.45, 7) is 2.28. The minimum atomic E-state index is -0.442. The summed E-state index contributed by atoms with van der Waals surface area (Å²) in [6.07, 6.45) is 0.164. The van der Waals surface area contributed by atoms with E-state index in [0.29, 0.717) is 16.0 Å². The number of rotatable bonds is 6. The first-order valence-corrected chi connectivity index (χ1v) is 10.1. The Hall–Kier alpha value is -2.46. The average molecular weight is 406 g/mol. The quantitative estimate of drug-likeness (QED) is 0.560. The number of amides is 3. The topological polar surface area (TPSA) is 104 Å². The van der Waals surface area contributed by atoms with E-state index in [-0.39, 0.29) is 29.9 Å². The van der Waals surface area contributed by atoms with Gasteiger partial charge in [-0.25, -0.2) is 0 Å². The second-order valence-electron chi connectivity index (χ2n) is 6.02. The van der Waals surface area contributed by atoms with Crippen LogP contribution in [0.3, 0.4) is 0 Å². The van der Waals surface area contributed by atoms with Crippen LogP contribution in [0.25, 0.3) is 0 Å². The molecule has 1 saturated heterocycles. The molecule has 8 nitrogen and oxygen atoms in total. The highest BCUT2D eigenvalue weighted by Crippen LogP contribution is 2.29. The van der Waals surface area contributed by atoms with Gasteiger partial charge in [-0.05, 0) is 18.6 Å². The molecule has 3 rings (SSSR count). The molecule has 1 aliphatic rings. The fraction of sp³-hybridized carbons (Fsp3) is 0.353. The van der Waals surface area contributed by atoms with Gasteiger partial charge in [0.05, 0.1) is 11.7 Å². The van der Waals surface area contributed by atoms with E-state index in [1.807, 2.05) is 31.2 Å². The van der Waals surface area contributed by atoms with Crippen LogP contribution in [0, 0.1) is 12.8 Å². The van der Waals surface area contributed by atoms with Gasteiger partial charge >= 0.3 is 0 Å². The lowest BCUT2D eigenvalue weighted by Gasteiger charge is -2.18. The Kier molecular flexibility index (Phi) is 6.07. The number of hydrogen-bond donors (Lipinski definition) is 2. The van der Waals surface area contributed by atoms with E-state index in [4.69, 9.17) is 0 Å². The first kappa shape index (κ1) is 19.3. The third-order valence-electron chi connectivity index (χ3n) is 4.14. The Labute approximate surface area is 164 Å². The predicted molar refractivity (Wildman–Crippen MR) is 105 cm³/mol. The second-order valence-corrected chi connectivity index (χ2v) is 8.22. The predicted octanol–water partition coefficient (Wildman–Crippen LogP) is 1.68. The summed E-state index contributed by atoms with van der Waals surface area (Å²) in [7, 11) is 1.57. The van der Waals surface area contributed by atoms with Crippen molar-refractivity contribution in [3.8, 4) is 0 Å². The standard InChI is InChI=1S/C17H19N5O3S2/c1-10-5-3-4-6-12(10)22-8-11(7-14(22)24)15(25)19-16-20-21-17(27-16)26-9-13(23)18-2/h3-6,11H,7-9H2,1-2H3,(H,18,23)(H,19,20,25)/t11-/m1/s1. The number of aromatic nitrogens is 2. The third kappa shape index (κ3) is 4.64. The zero-order valence-electron chi connectivity index (χ0n) is 14.9. The normalized spacial score (nSPS) is 16.4. The Bertz CT molecular complexity index is 870. The number of aryl methyl sites for hydroxylation is 1. The molecule has 0 aliphatic carbocycles. The molecule has 0 unspecified atom stereocenters. The minimum Gasteiger partial charge on any atom is -0.358 e. The van der Waals surface area contributed by atoms with Crippen molar-refractivity contribution in [2.75, 3.05) is 29.6 Å². The van der Waals surface area contributed by atoms with Gasteiger partial charge in [-0.3, -0.25) is 14.4 Å². The van der Waals surface area contributed by atoms with Crippen LogP contribution in [0.4, 0.5) is 10.8 Å². The molecule has 2 N–H and O–H groups in total. The third-order valence-corrected chi connectivity index (χ3v) is 6.12. The van der Waals surface area contributed by atoms with Gasteiger partial charge in [-0.1, -0.05) is 41.3 Å². The van der Waals surface area contributed by atoms with Gasteiger partial charge in [0.1, 0.15) is 0 Å². The summed E-state index contributed by atoms with van der Waals surface area (Å²) < 4.78 is 0.595. The number of hydrogen-bond acceptors (Lipinski definition) is 7. The van der Waals surface area contributed by atoms with Crippen LogP contribution in [0.15, 0.2) is 28.6 Å². The lowest BCUT2D eigenvalue weighted by atomic mass is 10.1. The van der Waals surface area contributed by atoms with Gasteiger partial charge in [0.2, 0.25) is 22.9 Å². The fourth-order valence-electron chi connectivity index (χ4n) is 2.71. The minimum absolute atomic E-state index is 0.0662. The van der Waals surface area contributed by atoms with Crippen molar-refractivity contribution in [2.45, 2.75) is 17.7 Å². The highest BCUT2D eigenvalue weighted by Gasteiger charge is 2.36. The van der Waals surface area contributed by atoms with Gasteiger partial charge in [0.25, 0.3) is 0 Å². The summed E-state index contributed by atoms with van der Waals surface area (Å²) in [5.74, 6) is -0.631. The van der Waals surface area contributed by atoms with Gasteiger partial charge in [-0.15, -0.1) is 10.2 Å². The van der Waals surface area contributed by atoms with Crippen molar-refractivity contribution < 1.29 is 14.4 Å². The molecule has 0 saturated carbocycles. The lowest BCUT2D eigenvalue weighted by molar-refractivity contribution is -0.122. The summed E-state index contributed by atoms with van der Waals surface area (Å²) in [5, 5.41) is 13.5. The SMILES string of the molecule is CNC(=O)CSc1nnc(NC(=O)[C@@H]2CC(=O)N(c3ccccc3C)C2)s1. The lowest BCUT2D eigenvalue weighted by Crippen LogP contribution is -2.28. The van der Waals surface area contributed by atoms with E-state index in [0.717, 1.165) is 11.3 Å². The van der Waals surface area contributed by atoms with E-state index < -0.39 is 5.92 Å². The molecule has 27 heavy (non-hydrogen) atoms. The first-order valence-electron chi connectivity index (χ1n) is 8.31. The molecule has 0 spiro atoms. The Morgan fingerprint density at radius 2 is 2.11 bits per heavy atom. The number of anilines is 2. The number of carbonyl (C=O) groups excluding carboxylic acids is 3. The van der Waals surface area contributed by atoms with Crippen LogP contribution in [0.5, 0.6) is 0 Å². The summed E-state index contributed by atoms with van der Waals surface area (Å²) in [5.41, 5.74) is 1.83. The molecule has 142 valence electrons. The molecule has 10 heteroatoms. The maximum Gasteiger partial charge on any atom is 0.231 e. The fourth-order valence-corrected chi connectivity index (χ4v) is 4.33. The highest BCUT2D eigenvalue weighted by atomic mass is 32.2. The van der Waals surface area contributed by atoms with Gasteiger partial charge in [0, 0.05) is 25.7 Å². The average Bonchev–Trinajstić information content (AvgIpc) is 3.26.